The smallest absolute Gasteiger partial charge is 0.325 e. The number of carbonyl (C=O) groups is 3. The molecule has 1 aliphatic heterocycles. The number of carbonyl (C=O) groups excluding carboxylic acids is 3. The van der Waals surface area contributed by atoms with Gasteiger partial charge in [0.05, 0.1) is 0 Å². The summed E-state index contributed by atoms with van der Waals surface area (Å²) in [5, 5.41) is 5.10. The van der Waals surface area contributed by atoms with E-state index in [2.05, 4.69) is 31.4 Å². The zero-order valence-corrected chi connectivity index (χ0v) is 17.2. The second-order valence-electron chi connectivity index (χ2n) is 8.45. The van der Waals surface area contributed by atoms with Gasteiger partial charge in [-0.05, 0) is 47.7 Å². The molecule has 1 fully saturated rings. The highest BCUT2D eigenvalue weighted by atomic mass is 19.2. The van der Waals surface area contributed by atoms with Crippen LogP contribution in [-0.4, -0.2) is 29.3 Å². The van der Waals surface area contributed by atoms with E-state index in [-0.39, 0.29) is 11.0 Å². The fourth-order valence-electron chi connectivity index (χ4n) is 3.24. The molecular formula is C22H23F2N3O3. The van der Waals surface area contributed by atoms with E-state index in [1.54, 1.807) is 12.1 Å². The minimum Gasteiger partial charge on any atom is -0.325 e. The minimum absolute atomic E-state index is 0.0348. The number of hydrogen-bond donors (Lipinski definition) is 2. The molecule has 0 aliphatic carbocycles. The van der Waals surface area contributed by atoms with E-state index < -0.39 is 41.6 Å². The van der Waals surface area contributed by atoms with Crippen LogP contribution in [0.25, 0.3) is 0 Å². The van der Waals surface area contributed by atoms with Crippen LogP contribution >= 0.6 is 0 Å². The fourth-order valence-corrected chi connectivity index (χ4v) is 3.24. The first-order valence-electron chi connectivity index (χ1n) is 9.42. The van der Waals surface area contributed by atoms with Crippen LogP contribution in [0.2, 0.25) is 0 Å². The van der Waals surface area contributed by atoms with Crippen molar-refractivity contribution in [3.63, 3.8) is 0 Å². The maximum atomic E-state index is 13.6. The van der Waals surface area contributed by atoms with E-state index >= 15 is 0 Å². The topological polar surface area (TPSA) is 78.5 Å². The van der Waals surface area contributed by atoms with E-state index in [4.69, 9.17) is 0 Å². The first-order valence-corrected chi connectivity index (χ1v) is 9.42. The summed E-state index contributed by atoms with van der Waals surface area (Å²) in [4.78, 5) is 38.3. The van der Waals surface area contributed by atoms with E-state index in [9.17, 15) is 23.2 Å². The summed E-state index contributed by atoms with van der Waals surface area (Å²) in [7, 11) is 0. The van der Waals surface area contributed by atoms with Crippen LogP contribution < -0.4 is 10.6 Å². The summed E-state index contributed by atoms with van der Waals surface area (Å²) in [6.45, 7) is 7.08. The van der Waals surface area contributed by atoms with Crippen molar-refractivity contribution in [1.29, 1.82) is 0 Å². The van der Waals surface area contributed by atoms with Gasteiger partial charge in [0.25, 0.3) is 5.91 Å². The van der Waals surface area contributed by atoms with E-state index in [1.807, 2.05) is 12.1 Å². The van der Waals surface area contributed by atoms with Gasteiger partial charge in [0.15, 0.2) is 11.6 Å². The number of nitrogens with zero attached hydrogens (tertiary/aromatic N) is 1. The lowest BCUT2D eigenvalue weighted by atomic mass is 9.87. The van der Waals surface area contributed by atoms with Gasteiger partial charge < -0.3 is 10.6 Å². The lowest BCUT2D eigenvalue weighted by molar-refractivity contribution is -0.133. The highest BCUT2D eigenvalue weighted by molar-refractivity contribution is 6.10. The molecule has 1 saturated heterocycles. The number of imide groups is 1. The predicted molar refractivity (Wildman–Crippen MR) is 108 cm³/mol. The first kappa shape index (κ1) is 21.4. The number of benzene rings is 2. The third-order valence-corrected chi connectivity index (χ3v) is 5.11. The number of amides is 4. The van der Waals surface area contributed by atoms with Gasteiger partial charge in [-0.15, -0.1) is 0 Å². The number of urea groups is 1. The van der Waals surface area contributed by atoms with Crippen molar-refractivity contribution >= 4 is 23.5 Å². The molecule has 0 spiro atoms. The van der Waals surface area contributed by atoms with E-state index in [0.717, 1.165) is 22.6 Å². The van der Waals surface area contributed by atoms with Crippen LogP contribution in [-0.2, 0) is 20.5 Å². The Morgan fingerprint density at radius 3 is 2.27 bits per heavy atom. The second-order valence-corrected chi connectivity index (χ2v) is 8.45. The maximum Gasteiger partial charge on any atom is 0.325 e. The largest absolute Gasteiger partial charge is 0.325 e. The minimum atomic E-state index is -1.60. The van der Waals surface area contributed by atoms with Gasteiger partial charge in [-0.25, -0.2) is 13.6 Å². The van der Waals surface area contributed by atoms with Crippen LogP contribution in [0, 0.1) is 11.6 Å². The van der Waals surface area contributed by atoms with Crippen molar-refractivity contribution in [3.8, 4) is 0 Å². The zero-order valence-electron chi connectivity index (χ0n) is 17.2. The molecule has 0 radical (unpaired) electrons. The Morgan fingerprint density at radius 2 is 1.70 bits per heavy atom. The average Bonchev–Trinajstić information content (AvgIpc) is 2.87. The van der Waals surface area contributed by atoms with Gasteiger partial charge in [0.1, 0.15) is 12.1 Å². The van der Waals surface area contributed by atoms with Crippen molar-refractivity contribution < 1.29 is 23.2 Å². The summed E-state index contributed by atoms with van der Waals surface area (Å²) >= 11 is 0. The number of anilines is 1. The Kier molecular flexibility index (Phi) is 5.36. The summed E-state index contributed by atoms with van der Waals surface area (Å²) in [6.07, 6.45) is 0. The monoisotopic (exact) mass is 415 g/mol. The van der Waals surface area contributed by atoms with Gasteiger partial charge in [-0.1, -0.05) is 39.0 Å². The molecule has 0 aromatic heterocycles. The van der Waals surface area contributed by atoms with E-state index in [0.29, 0.717) is 5.69 Å². The van der Waals surface area contributed by atoms with Crippen LogP contribution in [0.5, 0.6) is 0 Å². The molecule has 0 bridgehead atoms. The number of hydrogen-bond acceptors (Lipinski definition) is 3. The molecular weight excluding hydrogens is 392 g/mol. The Bertz CT molecular complexity index is 1020. The van der Waals surface area contributed by atoms with Crippen molar-refractivity contribution in [2.75, 3.05) is 11.9 Å². The summed E-state index contributed by atoms with van der Waals surface area (Å²) in [6, 6.07) is 9.44. The Morgan fingerprint density at radius 1 is 1.07 bits per heavy atom. The second kappa shape index (κ2) is 7.51. The third-order valence-electron chi connectivity index (χ3n) is 5.11. The quantitative estimate of drug-likeness (QED) is 0.748. The number of nitrogens with one attached hydrogen (secondary N) is 2. The molecule has 2 aromatic rings. The van der Waals surface area contributed by atoms with Crippen LogP contribution in [0.1, 0.15) is 38.8 Å². The highest BCUT2D eigenvalue weighted by Crippen LogP contribution is 2.30. The van der Waals surface area contributed by atoms with Crippen LogP contribution in [0.4, 0.5) is 19.3 Å². The molecule has 2 N–H and O–H groups in total. The molecule has 4 amide bonds. The van der Waals surface area contributed by atoms with Gasteiger partial charge in [-0.3, -0.25) is 14.5 Å². The number of halogens is 2. The molecule has 6 nitrogen and oxygen atoms in total. The maximum absolute atomic E-state index is 13.6. The summed E-state index contributed by atoms with van der Waals surface area (Å²) in [5.74, 6) is -3.48. The molecule has 3 rings (SSSR count). The summed E-state index contributed by atoms with van der Waals surface area (Å²) in [5.41, 5.74) is 0.0772. The molecule has 1 atom stereocenters. The first-order chi connectivity index (χ1) is 13.9. The molecule has 158 valence electrons. The Hall–Kier alpha value is -3.29. The van der Waals surface area contributed by atoms with Gasteiger partial charge in [0, 0.05) is 5.69 Å². The summed E-state index contributed by atoms with van der Waals surface area (Å²) < 4.78 is 26.8. The standard InChI is InChI=1S/C22H23F2N3O3/c1-21(2,3)13-5-8-15(9-6-13)25-18(28)12-27-19(29)22(4,26-20(27)30)14-7-10-16(23)17(24)11-14/h5-11H,12H2,1-4H3,(H,25,28)(H,26,30). The Balaban J connectivity index is 1.72. The number of rotatable bonds is 4. The molecule has 0 saturated carbocycles. The SMILES string of the molecule is CC(C)(C)c1ccc(NC(=O)CN2C(=O)NC(C)(c3ccc(F)c(F)c3)C2=O)cc1. The predicted octanol–water partition coefficient (Wildman–Crippen LogP) is 3.67. The Labute approximate surface area is 173 Å². The molecule has 1 unspecified atom stereocenters. The highest BCUT2D eigenvalue weighted by Gasteiger charge is 2.49. The third kappa shape index (κ3) is 4.03. The molecule has 2 aromatic carbocycles. The van der Waals surface area contributed by atoms with Crippen molar-refractivity contribution in [3.05, 3.63) is 65.2 Å². The van der Waals surface area contributed by atoms with Crippen molar-refractivity contribution in [2.45, 2.75) is 38.6 Å². The van der Waals surface area contributed by atoms with Crippen LogP contribution in [0.3, 0.4) is 0 Å². The average molecular weight is 415 g/mol. The zero-order chi connectivity index (χ0) is 22.3. The van der Waals surface area contributed by atoms with Gasteiger partial charge in [-0.2, -0.15) is 0 Å². The van der Waals surface area contributed by atoms with Gasteiger partial charge >= 0.3 is 6.03 Å². The normalized spacial score (nSPS) is 19.1. The molecule has 1 aliphatic rings. The van der Waals surface area contributed by atoms with E-state index in [1.165, 1.54) is 13.0 Å². The molecule has 8 heteroatoms. The van der Waals surface area contributed by atoms with Crippen molar-refractivity contribution in [1.82, 2.24) is 10.2 Å². The van der Waals surface area contributed by atoms with Crippen molar-refractivity contribution in [2.24, 2.45) is 0 Å². The lowest BCUT2D eigenvalue weighted by Gasteiger charge is -2.22. The fraction of sp³-hybridized carbons (Fsp3) is 0.318. The van der Waals surface area contributed by atoms with Crippen LogP contribution in [0.15, 0.2) is 42.5 Å². The van der Waals surface area contributed by atoms with Gasteiger partial charge in [0.2, 0.25) is 5.91 Å². The lowest BCUT2D eigenvalue weighted by Crippen LogP contribution is -2.42. The molecule has 1 heterocycles. The molecule has 30 heavy (non-hydrogen) atoms.